The third kappa shape index (κ3) is 3.53. The van der Waals surface area contributed by atoms with Crippen LogP contribution in [0, 0.1) is 0 Å². The largest absolute Gasteiger partial charge is 0.491 e. The van der Waals surface area contributed by atoms with Gasteiger partial charge in [-0.25, -0.2) is 4.68 Å². The fourth-order valence-electron chi connectivity index (χ4n) is 1.70. The molecule has 0 atom stereocenters. The Kier molecular flexibility index (Phi) is 4.23. The fraction of sp³-hybridized carbons (Fsp3) is 0.400. The topological polar surface area (TPSA) is 67.5 Å². The highest BCUT2D eigenvalue weighted by atomic mass is 16.5. The SMILES string of the molecule is CC(C)(O)C(C)(C)OB(O)c1ccc(-n2cccn2)cc1. The van der Waals surface area contributed by atoms with Crippen LogP contribution in [0.2, 0.25) is 0 Å². The quantitative estimate of drug-likeness (QED) is 0.809. The molecule has 0 fully saturated rings. The fourth-order valence-corrected chi connectivity index (χ4v) is 1.70. The minimum absolute atomic E-state index is 0.628. The van der Waals surface area contributed by atoms with E-state index in [1.165, 1.54) is 0 Å². The molecule has 0 spiro atoms. The van der Waals surface area contributed by atoms with Crippen LogP contribution >= 0.6 is 0 Å². The van der Waals surface area contributed by atoms with Gasteiger partial charge >= 0.3 is 7.12 Å². The lowest BCUT2D eigenvalue weighted by molar-refractivity contribution is -0.0982. The van der Waals surface area contributed by atoms with Gasteiger partial charge in [0.15, 0.2) is 0 Å². The van der Waals surface area contributed by atoms with Gasteiger partial charge in [-0.1, -0.05) is 12.1 Å². The minimum atomic E-state index is -1.10. The number of hydrogen-bond donors (Lipinski definition) is 2. The molecule has 1 aromatic heterocycles. The van der Waals surface area contributed by atoms with E-state index in [1.807, 2.05) is 24.4 Å². The van der Waals surface area contributed by atoms with Crippen LogP contribution in [0.5, 0.6) is 0 Å². The molecule has 5 nitrogen and oxygen atoms in total. The molecule has 0 saturated carbocycles. The second-order valence-corrected chi connectivity index (χ2v) is 6.08. The summed E-state index contributed by atoms with van der Waals surface area (Å²) in [5, 5.41) is 24.4. The summed E-state index contributed by atoms with van der Waals surface area (Å²) in [5.41, 5.74) is -0.420. The third-order valence-corrected chi connectivity index (χ3v) is 3.83. The Hall–Kier alpha value is -1.63. The number of aromatic nitrogens is 2. The third-order valence-electron chi connectivity index (χ3n) is 3.83. The number of aliphatic hydroxyl groups is 1. The minimum Gasteiger partial charge on any atom is -0.423 e. The molecule has 0 aliphatic rings. The van der Waals surface area contributed by atoms with Crippen molar-refractivity contribution in [2.45, 2.75) is 38.9 Å². The first kappa shape index (κ1) is 15.8. The molecular weight excluding hydrogens is 267 g/mol. The van der Waals surface area contributed by atoms with E-state index in [-0.39, 0.29) is 0 Å². The average molecular weight is 288 g/mol. The Morgan fingerprint density at radius 1 is 1.14 bits per heavy atom. The Morgan fingerprint density at radius 3 is 2.24 bits per heavy atom. The van der Waals surface area contributed by atoms with Gasteiger partial charge in [0, 0.05) is 12.4 Å². The molecule has 2 aromatic rings. The van der Waals surface area contributed by atoms with Crippen molar-refractivity contribution in [2.75, 3.05) is 0 Å². The van der Waals surface area contributed by atoms with Crippen molar-refractivity contribution in [1.82, 2.24) is 9.78 Å². The summed E-state index contributed by atoms with van der Waals surface area (Å²) in [5.74, 6) is 0. The molecule has 0 radical (unpaired) electrons. The predicted octanol–water partition coefficient (Wildman–Crippen LogP) is 1.13. The molecule has 0 aliphatic carbocycles. The second kappa shape index (κ2) is 5.64. The maximum absolute atomic E-state index is 10.2. The monoisotopic (exact) mass is 288 g/mol. The van der Waals surface area contributed by atoms with Crippen molar-refractivity contribution in [3.05, 3.63) is 42.7 Å². The van der Waals surface area contributed by atoms with Crippen molar-refractivity contribution in [3.8, 4) is 5.69 Å². The van der Waals surface area contributed by atoms with E-state index >= 15 is 0 Å². The Morgan fingerprint density at radius 2 is 1.76 bits per heavy atom. The molecule has 112 valence electrons. The summed E-state index contributed by atoms with van der Waals surface area (Å²) in [7, 11) is -1.10. The Bertz CT molecular complexity index is 574. The van der Waals surface area contributed by atoms with Gasteiger partial charge < -0.3 is 14.8 Å². The first-order valence-electron chi connectivity index (χ1n) is 6.89. The van der Waals surface area contributed by atoms with Crippen LogP contribution in [-0.2, 0) is 4.65 Å². The number of rotatable bonds is 5. The molecule has 6 heteroatoms. The number of nitrogens with zero attached hydrogens (tertiary/aromatic N) is 2. The Labute approximate surface area is 125 Å². The average Bonchev–Trinajstić information content (AvgIpc) is 2.91. The van der Waals surface area contributed by atoms with E-state index in [0.29, 0.717) is 5.46 Å². The van der Waals surface area contributed by atoms with Crippen molar-refractivity contribution < 1.29 is 14.8 Å². The van der Waals surface area contributed by atoms with Crippen molar-refractivity contribution in [3.63, 3.8) is 0 Å². The highest BCUT2D eigenvalue weighted by Crippen LogP contribution is 2.25. The maximum Gasteiger partial charge on any atom is 0.491 e. The summed E-state index contributed by atoms with van der Waals surface area (Å²) in [6, 6.07) is 9.11. The lowest BCUT2D eigenvalue weighted by Gasteiger charge is -2.38. The van der Waals surface area contributed by atoms with Gasteiger partial charge in [0.05, 0.1) is 16.9 Å². The zero-order valence-corrected chi connectivity index (χ0v) is 12.8. The molecule has 1 aromatic carbocycles. The molecule has 0 saturated heterocycles. The highest BCUT2D eigenvalue weighted by molar-refractivity contribution is 6.60. The van der Waals surface area contributed by atoms with Crippen molar-refractivity contribution >= 4 is 12.6 Å². The molecule has 0 amide bonds. The van der Waals surface area contributed by atoms with Crippen LogP contribution in [0.15, 0.2) is 42.7 Å². The number of benzene rings is 1. The van der Waals surface area contributed by atoms with E-state index in [2.05, 4.69) is 5.10 Å². The van der Waals surface area contributed by atoms with E-state index in [0.717, 1.165) is 5.69 Å². The molecule has 21 heavy (non-hydrogen) atoms. The van der Waals surface area contributed by atoms with Crippen LogP contribution in [0.3, 0.4) is 0 Å². The van der Waals surface area contributed by atoms with Crippen LogP contribution in [-0.4, -0.2) is 38.2 Å². The van der Waals surface area contributed by atoms with Gasteiger partial charge in [0.1, 0.15) is 0 Å². The van der Waals surface area contributed by atoms with Gasteiger partial charge in [-0.15, -0.1) is 0 Å². The van der Waals surface area contributed by atoms with Gasteiger partial charge in [-0.3, -0.25) is 0 Å². The highest BCUT2D eigenvalue weighted by Gasteiger charge is 2.39. The lowest BCUT2D eigenvalue weighted by Crippen LogP contribution is -2.53. The maximum atomic E-state index is 10.2. The first-order chi connectivity index (χ1) is 9.71. The van der Waals surface area contributed by atoms with Gasteiger partial charge in [0.25, 0.3) is 0 Å². The molecule has 0 unspecified atom stereocenters. The molecule has 0 aliphatic heterocycles. The molecular formula is C15H21BN2O3. The predicted molar refractivity (Wildman–Crippen MR) is 82.6 cm³/mol. The summed E-state index contributed by atoms with van der Waals surface area (Å²) in [6.45, 7) is 6.80. The van der Waals surface area contributed by atoms with Crippen molar-refractivity contribution in [1.29, 1.82) is 0 Å². The number of hydrogen-bond acceptors (Lipinski definition) is 4. The molecule has 2 rings (SSSR count). The van der Waals surface area contributed by atoms with E-state index in [1.54, 1.807) is 50.7 Å². The van der Waals surface area contributed by atoms with Crippen molar-refractivity contribution in [2.24, 2.45) is 0 Å². The summed E-state index contributed by atoms with van der Waals surface area (Å²) in [4.78, 5) is 0. The standard InChI is InChI=1S/C15H21BN2O3/c1-14(2,19)15(3,4)21-16(20)12-6-8-13(9-7-12)18-11-5-10-17-18/h5-11,19-20H,1-4H3. The summed E-state index contributed by atoms with van der Waals surface area (Å²) in [6.07, 6.45) is 3.55. The van der Waals surface area contributed by atoms with Crippen LogP contribution in [0.25, 0.3) is 5.69 Å². The van der Waals surface area contributed by atoms with Gasteiger partial charge in [-0.05, 0) is 51.4 Å². The van der Waals surface area contributed by atoms with Crippen LogP contribution < -0.4 is 5.46 Å². The molecule has 1 heterocycles. The van der Waals surface area contributed by atoms with E-state index < -0.39 is 18.3 Å². The zero-order valence-electron chi connectivity index (χ0n) is 12.8. The molecule has 0 bridgehead atoms. The first-order valence-corrected chi connectivity index (χ1v) is 6.89. The van der Waals surface area contributed by atoms with E-state index in [4.69, 9.17) is 4.65 Å². The van der Waals surface area contributed by atoms with Crippen LogP contribution in [0.1, 0.15) is 27.7 Å². The summed E-state index contributed by atoms with van der Waals surface area (Å²) >= 11 is 0. The summed E-state index contributed by atoms with van der Waals surface area (Å²) < 4.78 is 7.34. The zero-order chi connectivity index (χ0) is 15.7. The lowest BCUT2D eigenvalue weighted by atomic mass is 9.76. The van der Waals surface area contributed by atoms with E-state index in [9.17, 15) is 10.1 Å². The smallest absolute Gasteiger partial charge is 0.423 e. The molecule has 2 N–H and O–H groups in total. The van der Waals surface area contributed by atoms with Gasteiger partial charge in [-0.2, -0.15) is 5.10 Å². The Balaban J connectivity index is 2.12. The normalized spacial score (nSPS) is 12.5. The van der Waals surface area contributed by atoms with Crippen LogP contribution in [0.4, 0.5) is 0 Å². The second-order valence-electron chi connectivity index (χ2n) is 6.08. The van der Waals surface area contributed by atoms with Gasteiger partial charge in [0.2, 0.25) is 0 Å².